The third kappa shape index (κ3) is 3.01. The van der Waals surface area contributed by atoms with E-state index in [4.69, 9.17) is 5.73 Å². The summed E-state index contributed by atoms with van der Waals surface area (Å²) in [5.74, 6) is 0. The van der Waals surface area contributed by atoms with Crippen LogP contribution >= 0.6 is 0 Å². The first-order valence-corrected chi connectivity index (χ1v) is 5.76. The fraction of sp³-hybridized carbons (Fsp3) is 0.583. The second-order valence-electron chi connectivity index (χ2n) is 4.25. The van der Waals surface area contributed by atoms with Crippen LogP contribution in [0.1, 0.15) is 37.4 Å². The molecular weight excluding hydrogens is 186 g/mol. The van der Waals surface area contributed by atoms with Gasteiger partial charge in [0, 0.05) is 18.8 Å². The Labute approximate surface area is 91.1 Å². The summed E-state index contributed by atoms with van der Waals surface area (Å²) in [5.41, 5.74) is 7.02. The molecule has 0 aromatic carbocycles. The topological polar surface area (TPSA) is 50.9 Å². The Balaban J connectivity index is 1.79. The fourth-order valence-electron chi connectivity index (χ4n) is 2.12. The van der Waals surface area contributed by atoms with Gasteiger partial charge in [0.15, 0.2) is 0 Å². The number of nitrogens with two attached hydrogens (primary N) is 1. The van der Waals surface area contributed by atoms with Crippen LogP contribution < -0.4 is 11.1 Å². The lowest BCUT2D eigenvalue weighted by Gasteiger charge is -2.16. The van der Waals surface area contributed by atoms with Gasteiger partial charge in [-0.3, -0.25) is 4.98 Å². The number of nitrogens with one attached hydrogen (secondary N) is 1. The molecule has 3 nitrogen and oxygen atoms in total. The molecule has 3 heteroatoms. The fourth-order valence-corrected chi connectivity index (χ4v) is 2.12. The molecule has 0 amide bonds. The smallest absolute Gasteiger partial charge is 0.0596 e. The highest BCUT2D eigenvalue weighted by Crippen LogP contribution is 2.18. The Morgan fingerprint density at radius 3 is 2.87 bits per heavy atom. The SMILES string of the molecule is NC(CNC1CCCC1)c1ccccn1. The summed E-state index contributed by atoms with van der Waals surface area (Å²) in [6.07, 6.45) is 7.11. The molecule has 2 rings (SSSR count). The number of hydrogen-bond acceptors (Lipinski definition) is 3. The van der Waals surface area contributed by atoms with Gasteiger partial charge >= 0.3 is 0 Å². The third-order valence-electron chi connectivity index (χ3n) is 3.05. The summed E-state index contributed by atoms with van der Waals surface area (Å²) in [4.78, 5) is 4.26. The van der Waals surface area contributed by atoms with Crippen LogP contribution in [0.2, 0.25) is 0 Å². The minimum absolute atomic E-state index is 0.0202. The Morgan fingerprint density at radius 1 is 1.40 bits per heavy atom. The summed E-state index contributed by atoms with van der Waals surface area (Å²) < 4.78 is 0. The molecule has 1 unspecified atom stereocenters. The van der Waals surface area contributed by atoms with Gasteiger partial charge in [-0.2, -0.15) is 0 Å². The second kappa shape index (κ2) is 5.24. The van der Waals surface area contributed by atoms with Crippen molar-refractivity contribution in [3.05, 3.63) is 30.1 Å². The monoisotopic (exact) mass is 205 g/mol. The average molecular weight is 205 g/mol. The predicted molar refractivity (Wildman–Crippen MR) is 61.4 cm³/mol. The van der Waals surface area contributed by atoms with Crippen molar-refractivity contribution < 1.29 is 0 Å². The molecule has 1 atom stereocenters. The normalized spacial score (nSPS) is 19.3. The highest BCUT2D eigenvalue weighted by Gasteiger charge is 2.15. The molecule has 0 bridgehead atoms. The summed E-state index contributed by atoms with van der Waals surface area (Å²) in [6.45, 7) is 0.835. The lowest BCUT2D eigenvalue weighted by molar-refractivity contribution is 0.488. The first-order chi connectivity index (χ1) is 7.36. The van der Waals surface area contributed by atoms with Gasteiger partial charge in [-0.05, 0) is 25.0 Å². The largest absolute Gasteiger partial charge is 0.322 e. The maximum absolute atomic E-state index is 6.05. The van der Waals surface area contributed by atoms with Crippen LogP contribution in [0.4, 0.5) is 0 Å². The minimum Gasteiger partial charge on any atom is -0.322 e. The Kier molecular flexibility index (Phi) is 3.69. The van der Waals surface area contributed by atoms with Crippen LogP contribution in [0.15, 0.2) is 24.4 Å². The third-order valence-corrected chi connectivity index (χ3v) is 3.05. The Bertz CT molecular complexity index is 280. The molecule has 1 fully saturated rings. The highest BCUT2D eigenvalue weighted by atomic mass is 15.0. The zero-order valence-corrected chi connectivity index (χ0v) is 9.02. The lowest BCUT2D eigenvalue weighted by Crippen LogP contribution is -2.33. The van der Waals surface area contributed by atoms with Crippen LogP contribution in [0, 0.1) is 0 Å². The van der Waals surface area contributed by atoms with Gasteiger partial charge in [-0.1, -0.05) is 18.9 Å². The molecule has 1 aliphatic carbocycles. The molecular formula is C12H19N3. The van der Waals surface area contributed by atoms with Gasteiger partial charge < -0.3 is 11.1 Å². The second-order valence-corrected chi connectivity index (χ2v) is 4.25. The molecule has 1 aromatic rings. The summed E-state index contributed by atoms with van der Waals surface area (Å²) in [5, 5.41) is 3.51. The van der Waals surface area contributed by atoms with E-state index >= 15 is 0 Å². The van der Waals surface area contributed by atoms with Crippen LogP contribution in [0.25, 0.3) is 0 Å². The molecule has 0 spiro atoms. The first-order valence-electron chi connectivity index (χ1n) is 5.76. The van der Waals surface area contributed by atoms with Gasteiger partial charge in [0.05, 0.1) is 11.7 Å². The molecule has 15 heavy (non-hydrogen) atoms. The van der Waals surface area contributed by atoms with Crippen molar-refractivity contribution >= 4 is 0 Å². The van der Waals surface area contributed by atoms with E-state index in [0.29, 0.717) is 6.04 Å². The van der Waals surface area contributed by atoms with Crippen molar-refractivity contribution in [2.75, 3.05) is 6.54 Å². The van der Waals surface area contributed by atoms with Crippen LogP contribution in [0.3, 0.4) is 0 Å². The van der Waals surface area contributed by atoms with Gasteiger partial charge in [0.25, 0.3) is 0 Å². The summed E-state index contributed by atoms with van der Waals surface area (Å²) in [6, 6.07) is 6.59. The van der Waals surface area contributed by atoms with Crippen LogP contribution in [-0.2, 0) is 0 Å². The number of pyridine rings is 1. The number of rotatable bonds is 4. The van der Waals surface area contributed by atoms with Crippen molar-refractivity contribution in [2.24, 2.45) is 5.73 Å². The van der Waals surface area contributed by atoms with E-state index in [1.807, 2.05) is 18.2 Å². The molecule has 3 N–H and O–H groups in total. The predicted octanol–water partition coefficient (Wildman–Crippen LogP) is 1.61. The van der Waals surface area contributed by atoms with E-state index in [2.05, 4.69) is 10.3 Å². The zero-order valence-electron chi connectivity index (χ0n) is 9.02. The van der Waals surface area contributed by atoms with Crippen LogP contribution in [-0.4, -0.2) is 17.6 Å². The molecule has 1 aromatic heterocycles. The number of nitrogens with zero attached hydrogens (tertiary/aromatic N) is 1. The van der Waals surface area contributed by atoms with E-state index in [-0.39, 0.29) is 6.04 Å². The van der Waals surface area contributed by atoms with Crippen molar-refractivity contribution in [3.8, 4) is 0 Å². The van der Waals surface area contributed by atoms with E-state index in [1.54, 1.807) is 6.20 Å². The summed E-state index contributed by atoms with van der Waals surface area (Å²) >= 11 is 0. The molecule has 1 heterocycles. The van der Waals surface area contributed by atoms with Gasteiger partial charge in [0.1, 0.15) is 0 Å². The van der Waals surface area contributed by atoms with Crippen molar-refractivity contribution in [3.63, 3.8) is 0 Å². The molecule has 1 aliphatic rings. The van der Waals surface area contributed by atoms with Crippen molar-refractivity contribution in [1.82, 2.24) is 10.3 Å². The molecule has 0 radical (unpaired) electrons. The Hall–Kier alpha value is -0.930. The quantitative estimate of drug-likeness (QED) is 0.785. The molecule has 1 saturated carbocycles. The van der Waals surface area contributed by atoms with Crippen LogP contribution in [0.5, 0.6) is 0 Å². The van der Waals surface area contributed by atoms with E-state index < -0.39 is 0 Å². The van der Waals surface area contributed by atoms with Crippen molar-refractivity contribution in [2.45, 2.75) is 37.8 Å². The van der Waals surface area contributed by atoms with E-state index in [9.17, 15) is 0 Å². The van der Waals surface area contributed by atoms with Gasteiger partial charge in [0.2, 0.25) is 0 Å². The highest BCUT2D eigenvalue weighted by molar-refractivity contribution is 5.08. The van der Waals surface area contributed by atoms with E-state index in [1.165, 1.54) is 25.7 Å². The minimum atomic E-state index is 0.0202. The molecule has 0 saturated heterocycles. The maximum Gasteiger partial charge on any atom is 0.0596 e. The van der Waals surface area contributed by atoms with Gasteiger partial charge in [-0.15, -0.1) is 0 Å². The number of hydrogen-bond donors (Lipinski definition) is 2. The molecule has 0 aliphatic heterocycles. The molecule has 82 valence electrons. The van der Waals surface area contributed by atoms with Crippen molar-refractivity contribution in [1.29, 1.82) is 0 Å². The lowest BCUT2D eigenvalue weighted by atomic mass is 10.2. The summed E-state index contributed by atoms with van der Waals surface area (Å²) in [7, 11) is 0. The first kappa shape index (κ1) is 10.6. The average Bonchev–Trinajstić information content (AvgIpc) is 2.80. The standard InChI is InChI=1S/C12H19N3/c13-11(12-7-3-4-8-14-12)9-15-10-5-1-2-6-10/h3-4,7-8,10-11,15H,1-2,5-6,9,13H2. The number of aromatic nitrogens is 1. The Morgan fingerprint density at radius 2 is 2.20 bits per heavy atom. The van der Waals surface area contributed by atoms with E-state index in [0.717, 1.165) is 12.2 Å². The zero-order chi connectivity index (χ0) is 10.5. The maximum atomic E-state index is 6.05. The van der Waals surface area contributed by atoms with Gasteiger partial charge in [-0.25, -0.2) is 0 Å².